The molecule has 3 nitrogen and oxygen atoms in total. The molecule has 0 spiro atoms. The van der Waals surface area contributed by atoms with E-state index < -0.39 is 5.82 Å². The zero-order valence-corrected chi connectivity index (χ0v) is 12.5. The van der Waals surface area contributed by atoms with Gasteiger partial charge in [0.25, 0.3) is 5.91 Å². The highest BCUT2D eigenvalue weighted by Crippen LogP contribution is 2.23. The summed E-state index contributed by atoms with van der Waals surface area (Å²) < 4.78 is 19.3. The molecule has 0 aromatic heterocycles. The van der Waals surface area contributed by atoms with Gasteiger partial charge in [-0.25, -0.2) is 4.39 Å². The first kappa shape index (κ1) is 14.5. The number of nitrogens with zero attached hydrogens (tertiary/aromatic N) is 1. The van der Waals surface area contributed by atoms with Gasteiger partial charge in [0.2, 0.25) is 0 Å². The number of rotatable bonds is 3. The van der Waals surface area contributed by atoms with E-state index in [0.717, 1.165) is 19.4 Å². The van der Waals surface area contributed by atoms with Gasteiger partial charge in [0.15, 0.2) is 0 Å². The molecule has 0 atom stereocenters. The highest BCUT2D eigenvalue weighted by molar-refractivity contribution is 9.10. The summed E-state index contributed by atoms with van der Waals surface area (Å²) in [4.78, 5) is 14.0. The predicted octanol–water partition coefficient (Wildman–Crippen LogP) is 3.09. The fourth-order valence-corrected chi connectivity index (χ4v) is 2.74. The number of halogens is 2. The van der Waals surface area contributed by atoms with Crippen LogP contribution in [0.1, 0.15) is 23.2 Å². The lowest BCUT2D eigenvalue weighted by Crippen LogP contribution is -2.39. The normalized spacial score (nSPS) is 16.7. The van der Waals surface area contributed by atoms with E-state index in [9.17, 15) is 9.18 Å². The molecule has 0 aliphatic carbocycles. The maximum Gasteiger partial charge on any atom is 0.256 e. The summed E-state index contributed by atoms with van der Waals surface area (Å²) in [6.45, 7) is 2.06. The molecule has 0 bridgehead atoms. The number of hydrogen-bond donors (Lipinski definition) is 0. The molecule has 0 saturated carbocycles. The second kappa shape index (κ2) is 6.48. The van der Waals surface area contributed by atoms with Crippen molar-refractivity contribution in [2.24, 2.45) is 5.92 Å². The molecule has 1 aromatic rings. The summed E-state index contributed by atoms with van der Waals surface area (Å²) in [7, 11) is 1.69. The lowest BCUT2D eigenvalue weighted by Gasteiger charge is -2.31. The van der Waals surface area contributed by atoms with Gasteiger partial charge in [0.05, 0.1) is 10.0 Å². The van der Waals surface area contributed by atoms with E-state index >= 15 is 0 Å². The van der Waals surface area contributed by atoms with Crippen LogP contribution in [0, 0.1) is 11.7 Å². The van der Waals surface area contributed by atoms with Gasteiger partial charge in [-0.2, -0.15) is 0 Å². The van der Waals surface area contributed by atoms with Crippen LogP contribution < -0.4 is 0 Å². The van der Waals surface area contributed by atoms with E-state index in [1.165, 1.54) is 6.07 Å². The SMILES string of the molecule is COCC1CCN(C(=O)c2cccc(Br)c2F)CC1. The summed E-state index contributed by atoms with van der Waals surface area (Å²) in [5.74, 6) is -0.206. The topological polar surface area (TPSA) is 29.5 Å². The number of carbonyl (C=O) groups is 1. The Balaban J connectivity index is 2.03. The Morgan fingerprint density at radius 2 is 2.16 bits per heavy atom. The van der Waals surface area contributed by atoms with Crippen LogP contribution in [0.5, 0.6) is 0 Å². The molecule has 1 aromatic carbocycles. The van der Waals surface area contributed by atoms with E-state index in [1.54, 1.807) is 24.1 Å². The summed E-state index contributed by atoms with van der Waals surface area (Å²) in [6, 6.07) is 4.80. The Morgan fingerprint density at radius 1 is 1.47 bits per heavy atom. The molecule has 1 fully saturated rings. The smallest absolute Gasteiger partial charge is 0.256 e. The summed E-state index contributed by atoms with van der Waals surface area (Å²) in [5, 5.41) is 0. The monoisotopic (exact) mass is 329 g/mol. The zero-order valence-electron chi connectivity index (χ0n) is 10.9. The number of likely N-dealkylation sites (tertiary alicyclic amines) is 1. The molecule has 0 unspecified atom stereocenters. The van der Waals surface area contributed by atoms with Crippen molar-refractivity contribution < 1.29 is 13.9 Å². The van der Waals surface area contributed by atoms with Crippen molar-refractivity contribution in [1.82, 2.24) is 4.90 Å². The van der Waals surface area contributed by atoms with Gasteiger partial charge in [0.1, 0.15) is 5.82 Å². The molecule has 5 heteroatoms. The number of benzene rings is 1. The van der Waals surface area contributed by atoms with E-state index in [4.69, 9.17) is 4.74 Å². The van der Waals surface area contributed by atoms with Crippen LogP contribution in [0.4, 0.5) is 4.39 Å². The molecule has 0 radical (unpaired) electrons. The van der Waals surface area contributed by atoms with E-state index in [1.807, 2.05) is 0 Å². The number of piperidine rings is 1. The molecule has 104 valence electrons. The Morgan fingerprint density at radius 3 is 2.79 bits per heavy atom. The maximum absolute atomic E-state index is 13.9. The molecular formula is C14H17BrFNO2. The average molecular weight is 330 g/mol. The van der Waals surface area contributed by atoms with Crippen LogP contribution in [-0.2, 0) is 4.74 Å². The van der Waals surface area contributed by atoms with Crippen molar-refractivity contribution in [3.05, 3.63) is 34.1 Å². The minimum atomic E-state index is -0.480. The van der Waals surface area contributed by atoms with Crippen molar-refractivity contribution in [3.63, 3.8) is 0 Å². The van der Waals surface area contributed by atoms with Crippen molar-refractivity contribution in [1.29, 1.82) is 0 Å². The number of amides is 1. The molecule has 1 saturated heterocycles. The van der Waals surface area contributed by atoms with Crippen LogP contribution in [0.25, 0.3) is 0 Å². The number of methoxy groups -OCH3 is 1. The molecule has 1 amide bonds. The second-order valence-corrected chi connectivity index (χ2v) is 5.65. The van der Waals surface area contributed by atoms with Gasteiger partial charge in [-0.15, -0.1) is 0 Å². The quantitative estimate of drug-likeness (QED) is 0.852. The highest BCUT2D eigenvalue weighted by atomic mass is 79.9. The van der Waals surface area contributed by atoms with E-state index in [-0.39, 0.29) is 11.5 Å². The van der Waals surface area contributed by atoms with E-state index in [0.29, 0.717) is 23.5 Å². The number of hydrogen-bond acceptors (Lipinski definition) is 2. The maximum atomic E-state index is 13.9. The van der Waals surface area contributed by atoms with Gasteiger partial charge in [-0.1, -0.05) is 6.07 Å². The standard InChI is InChI=1S/C14H17BrFNO2/c1-19-9-10-5-7-17(8-6-10)14(18)11-3-2-4-12(15)13(11)16/h2-4,10H,5-9H2,1H3. The third-order valence-electron chi connectivity index (χ3n) is 3.49. The molecule has 19 heavy (non-hydrogen) atoms. The summed E-state index contributed by atoms with van der Waals surface area (Å²) >= 11 is 3.11. The first-order valence-corrected chi connectivity index (χ1v) is 7.15. The summed E-state index contributed by atoms with van der Waals surface area (Å²) in [5.41, 5.74) is 0.138. The number of ether oxygens (including phenoxy) is 1. The van der Waals surface area contributed by atoms with Crippen LogP contribution in [0.3, 0.4) is 0 Å². The molecule has 1 heterocycles. The lowest BCUT2D eigenvalue weighted by atomic mass is 9.97. The lowest BCUT2D eigenvalue weighted by molar-refractivity contribution is 0.0609. The van der Waals surface area contributed by atoms with Gasteiger partial charge >= 0.3 is 0 Å². The van der Waals surface area contributed by atoms with Crippen LogP contribution >= 0.6 is 15.9 Å². The van der Waals surface area contributed by atoms with Crippen molar-refractivity contribution >= 4 is 21.8 Å². The minimum absolute atomic E-state index is 0.138. The Labute approximate surface area is 120 Å². The molecule has 1 aliphatic heterocycles. The fourth-order valence-electron chi connectivity index (χ4n) is 2.38. The first-order valence-electron chi connectivity index (χ1n) is 6.35. The Kier molecular flexibility index (Phi) is 4.93. The van der Waals surface area contributed by atoms with Crippen molar-refractivity contribution in [2.45, 2.75) is 12.8 Å². The van der Waals surface area contributed by atoms with Gasteiger partial charge in [-0.05, 0) is 46.8 Å². The van der Waals surface area contributed by atoms with Crippen LogP contribution in [-0.4, -0.2) is 37.6 Å². The largest absolute Gasteiger partial charge is 0.384 e. The van der Waals surface area contributed by atoms with E-state index in [2.05, 4.69) is 15.9 Å². The van der Waals surface area contributed by atoms with Gasteiger partial charge in [-0.3, -0.25) is 4.79 Å². The fraction of sp³-hybridized carbons (Fsp3) is 0.500. The second-order valence-electron chi connectivity index (χ2n) is 4.79. The molecule has 0 N–H and O–H groups in total. The molecule has 2 rings (SSSR count). The average Bonchev–Trinajstić information content (AvgIpc) is 2.42. The molecular weight excluding hydrogens is 313 g/mol. The van der Waals surface area contributed by atoms with Gasteiger partial charge in [0, 0.05) is 26.8 Å². The number of carbonyl (C=O) groups excluding carboxylic acids is 1. The van der Waals surface area contributed by atoms with Crippen molar-refractivity contribution in [3.8, 4) is 0 Å². The first-order chi connectivity index (χ1) is 9.13. The van der Waals surface area contributed by atoms with Crippen LogP contribution in [0.2, 0.25) is 0 Å². The summed E-state index contributed by atoms with van der Waals surface area (Å²) in [6.07, 6.45) is 1.82. The third kappa shape index (κ3) is 3.34. The minimum Gasteiger partial charge on any atom is -0.384 e. The zero-order chi connectivity index (χ0) is 13.8. The third-order valence-corrected chi connectivity index (χ3v) is 4.10. The Hall–Kier alpha value is -0.940. The van der Waals surface area contributed by atoms with Gasteiger partial charge < -0.3 is 9.64 Å². The van der Waals surface area contributed by atoms with Crippen LogP contribution in [0.15, 0.2) is 22.7 Å². The predicted molar refractivity (Wildman–Crippen MR) is 74.6 cm³/mol. The molecule has 1 aliphatic rings. The Bertz CT molecular complexity index is 459. The van der Waals surface area contributed by atoms with Crippen molar-refractivity contribution in [2.75, 3.05) is 26.8 Å². The highest BCUT2D eigenvalue weighted by Gasteiger charge is 2.25.